The lowest BCUT2D eigenvalue weighted by molar-refractivity contribution is -0.111. The second kappa shape index (κ2) is 10.4. The summed E-state index contributed by atoms with van der Waals surface area (Å²) < 4.78 is 21.2. The fraction of sp³-hybridized carbons (Fsp3) is 0.0385. The van der Waals surface area contributed by atoms with Gasteiger partial charge in [-0.2, -0.15) is 0 Å². The van der Waals surface area contributed by atoms with Crippen LogP contribution in [0.4, 0.5) is 21.6 Å². The van der Waals surface area contributed by atoms with Crippen LogP contribution in [0.15, 0.2) is 85.8 Å². The van der Waals surface area contributed by atoms with Gasteiger partial charge >= 0.3 is 0 Å². The Bertz CT molecular complexity index is 1610. The number of carbonyl (C=O) groups excluding carboxylic acids is 1. The highest BCUT2D eigenvalue weighted by Crippen LogP contribution is 2.34. The summed E-state index contributed by atoms with van der Waals surface area (Å²) in [6.07, 6.45) is 4.30. The molecule has 2 N–H and O–H groups in total. The molecule has 0 radical (unpaired) electrons. The van der Waals surface area contributed by atoms with Crippen molar-refractivity contribution in [3.63, 3.8) is 0 Å². The third-order valence-corrected chi connectivity index (χ3v) is 5.59. The predicted octanol–water partition coefficient (Wildman–Crippen LogP) is 5.45. The van der Waals surface area contributed by atoms with Crippen molar-refractivity contribution in [3.8, 4) is 11.4 Å². The summed E-state index contributed by atoms with van der Waals surface area (Å²) in [7, 11) is 0. The highest BCUT2D eigenvalue weighted by Gasteiger charge is 2.14. The SMILES string of the molecule is C=CC(=O)Nc1cc2c(Nc3ccc(F)c(Cl)c3)ncnc2cc1OCc1cn(-c2ccccc2)nn1. The summed E-state index contributed by atoms with van der Waals surface area (Å²) in [6.45, 7) is 3.61. The Hall–Kier alpha value is -4.83. The maximum Gasteiger partial charge on any atom is 0.247 e. The molecule has 0 saturated carbocycles. The quantitative estimate of drug-likeness (QED) is 0.265. The van der Waals surface area contributed by atoms with E-state index in [2.05, 4.69) is 37.5 Å². The van der Waals surface area contributed by atoms with Crippen molar-refractivity contribution in [2.24, 2.45) is 0 Å². The molecule has 3 aromatic carbocycles. The molecule has 0 aliphatic heterocycles. The molecule has 9 nitrogen and oxygen atoms in total. The number of halogens is 2. The van der Waals surface area contributed by atoms with Gasteiger partial charge in [0, 0.05) is 17.1 Å². The number of hydrogen-bond donors (Lipinski definition) is 2. The Labute approximate surface area is 215 Å². The number of aromatic nitrogens is 5. The van der Waals surface area contributed by atoms with E-state index in [1.54, 1.807) is 23.0 Å². The van der Waals surface area contributed by atoms with Crippen molar-refractivity contribution in [3.05, 3.63) is 102 Å². The number of amides is 1. The lowest BCUT2D eigenvalue weighted by Crippen LogP contribution is -2.10. The van der Waals surface area contributed by atoms with Gasteiger partial charge < -0.3 is 15.4 Å². The van der Waals surface area contributed by atoms with E-state index < -0.39 is 11.7 Å². The number of hydrogen-bond acceptors (Lipinski definition) is 7. The van der Waals surface area contributed by atoms with E-state index in [1.807, 2.05) is 30.3 Å². The summed E-state index contributed by atoms with van der Waals surface area (Å²) in [5.74, 6) is -0.152. The van der Waals surface area contributed by atoms with Crippen molar-refractivity contribution >= 4 is 45.6 Å². The molecule has 0 spiro atoms. The molecule has 37 heavy (non-hydrogen) atoms. The standard InChI is InChI=1S/C26H19ClFN7O2/c1-2-25(36)32-23-11-19-22(29-15-30-26(19)31-16-8-9-21(28)20(27)10-16)12-24(23)37-14-17-13-35(34-33-17)18-6-4-3-5-7-18/h2-13,15H,1,14H2,(H,32,36)(H,29,30,31). The third kappa shape index (κ3) is 5.39. The first-order chi connectivity index (χ1) is 18.0. The van der Waals surface area contributed by atoms with Crippen LogP contribution in [0.3, 0.4) is 0 Å². The zero-order valence-corrected chi connectivity index (χ0v) is 20.0. The summed E-state index contributed by atoms with van der Waals surface area (Å²) in [5, 5.41) is 14.7. The van der Waals surface area contributed by atoms with Gasteiger partial charge in [-0.1, -0.05) is 41.6 Å². The van der Waals surface area contributed by atoms with Gasteiger partial charge in [-0.15, -0.1) is 5.10 Å². The molecule has 0 unspecified atom stereocenters. The van der Waals surface area contributed by atoms with Crippen molar-refractivity contribution in [1.29, 1.82) is 0 Å². The number of para-hydroxylation sites is 1. The Morgan fingerprint density at radius 2 is 1.97 bits per heavy atom. The molecule has 0 bridgehead atoms. The number of nitrogens with one attached hydrogen (secondary N) is 2. The van der Waals surface area contributed by atoms with Crippen molar-refractivity contribution in [2.45, 2.75) is 6.61 Å². The van der Waals surface area contributed by atoms with Crippen molar-refractivity contribution in [2.75, 3.05) is 10.6 Å². The fourth-order valence-electron chi connectivity index (χ4n) is 3.52. The highest BCUT2D eigenvalue weighted by atomic mass is 35.5. The van der Waals surface area contributed by atoms with Gasteiger partial charge in [-0.3, -0.25) is 4.79 Å². The maximum absolute atomic E-state index is 13.6. The molecule has 2 heterocycles. The summed E-state index contributed by atoms with van der Waals surface area (Å²) in [4.78, 5) is 20.8. The minimum absolute atomic E-state index is 0.0258. The van der Waals surface area contributed by atoms with Crippen LogP contribution in [0.5, 0.6) is 5.75 Å². The van der Waals surface area contributed by atoms with E-state index in [-0.39, 0.29) is 11.6 Å². The zero-order valence-electron chi connectivity index (χ0n) is 19.2. The third-order valence-electron chi connectivity index (χ3n) is 5.30. The summed E-state index contributed by atoms with van der Waals surface area (Å²) in [5.41, 5.74) is 2.91. The Balaban J connectivity index is 1.45. The number of anilines is 3. The molecule has 0 atom stereocenters. The molecule has 1 amide bonds. The number of rotatable bonds is 8. The molecule has 0 aliphatic rings. The van der Waals surface area contributed by atoms with E-state index in [0.29, 0.717) is 39.5 Å². The molecular weight excluding hydrogens is 497 g/mol. The van der Waals surface area contributed by atoms with Crippen LogP contribution in [0.25, 0.3) is 16.6 Å². The minimum Gasteiger partial charge on any atom is -0.485 e. The number of benzene rings is 3. The van der Waals surface area contributed by atoms with Crippen LogP contribution < -0.4 is 15.4 Å². The van der Waals surface area contributed by atoms with E-state index in [1.165, 1.54) is 24.5 Å². The molecule has 0 saturated heterocycles. The Morgan fingerprint density at radius 3 is 2.76 bits per heavy atom. The van der Waals surface area contributed by atoms with Crippen LogP contribution in [-0.4, -0.2) is 30.9 Å². The molecule has 5 rings (SSSR count). The highest BCUT2D eigenvalue weighted by molar-refractivity contribution is 6.31. The second-order valence-corrected chi connectivity index (χ2v) is 8.22. The zero-order chi connectivity index (χ0) is 25.8. The van der Waals surface area contributed by atoms with E-state index in [0.717, 1.165) is 11.8 Å². The largest absolute Gasteiger partial charge is 0.485 e. The molecule has 11 heteroatoms. The van der Waals surface area contributed by atoms with Gasteiger partial charge in [0.25, 0.3) is 0 Å². The van der Waals surface area contributed by atoms with Crippen molar-refractivity contribution < 1.29 is 13.9 Å². The van der Waals surface area contributed by atoms with Gasteiger partial charge in [-0.05, 0) is 42.5 Å². The molecule has 0 fully saturated rings. The molecule has 2 aromatic heterocycles. The van der Waals surface area contributed by atoms with E-state index in [9.17, 15) is 9.18 Å². The smallest absolute Gasteiger partial charge is 0.247 e. The number of carbonyl (C=O) groups is 1. The fourth-order valence-corrected chi connectivity index (χ4v) is 3.70. The number of fused-ring (bicyclic) bond motifs is 1. The summed E-state index contributed by atoms with van der Waals surface area (Å²) >= 11 is 5.91. The van der Waals surface area contributed by atoms with Gasteiger partial charge in [0.05, 0.1) is 28.1 Å². The lowest BCUT2D eigenvalue weighted by atomic mass is 10.1. The first-order valence-electron chi connectivity index (χ1n) is 11.0. The van der Waals surface area contributed by atoms with Crippen LogP contribution in [0, 0.1) is 5.82 Å². The number of ether oxygens (including phenoxy) is 1. The topological polar surface area (TPSA) is 107 Å². The first-order valence-corrected chi connectivity index (χ1v) is 11.4. The first kappa shape index (κ1) is 23.9. The average molecular weight is 516 g/mol. The minimum atomic E-state index is -0.528. The molecule has 184 valence electrons. The van der Waals surface area contributed by atoms with Crippen molar-refractivity contribution in [1.82, 2.24) is 25.0 Å². The second-order valence-electron chi connectivity index (χ2n) is 7.81. The van der Waals surface area contributed by atoms with Gasteiger partial charge in [0.1, 0.15) is 36.0 Å². The van der Waals surface area contributed by atoms with E-state index >= 15 is 0 Å². The average Bonchev–Trinajstić information content (AvgIpc) is 3.39. The number of nitrogens with zero attached hydrogens (tertiary/aromatic N) is 5. The van der Waals surface area contributed by atoms with Crippen LogP contribution in [0.2, 0.25) is 5.02 Å². The molecule has 5 aromatic rings. The summed E-state index contributed by atoms with van der Waals surface area (Å²) in [6, 6.07) is 17.2. The predicted molar refractivity (Wildman–Crippen MR) is 139 cm³/mol. The molecule has 0 aliphatic carbocycles. The van der Waals surface area contributed by atoms with Crippen LogP contribution >= 0.6 is 11.6 Å². The monoisotopic (exact) mass is 515 g/mol. The Morgan fingerprint density at radius 1 is 1.14 bits per heavy atom. The van der Waals surface area contributed by atoms with Gasteiger partial charge in [0.15, 0.2) is 0 Å². The normalized spacial score (nSPS) is 10.8. The van der Waals surface area contributed by atoms with Gasteiger partial charge in [0.2, 0.25) is 5.91 Å². The van der Waals surface area contributed by atoms with Gasteiger partial charge in [-0.25, -0.2) is 19.0 Å². The van der Waals surface area contributed by atoms with Crippen LogP contribution in [0.1, 0.15) is 5.69 Å². The lowest BCUT2D eigenvalue weighted by Gasteiger charge is -2.14. The molecular formula is C26H19ClFN7O2. The van der Waals surface area contributed by atoms with Crippen LogP contribution in [-0.2, 0) is 11.4 Å². The Kier molecular flexibility index (Phi) is 6.73. The maximum atomic E-state index is 13.6. The van der Waals surface area contributed by atoms with E-state index in [4.69, 9.17) is 16.3 Å².